The van der Waals surface area contributed by atoms with E-state index in [0.717, 1.165) is 15.7 Å². The molecule has 0 spiro atoms. The van der Waals surface area contributed by atoms with Crippen LogP contribution in [0.25, 0.3) is 22.6 Å². The van der Waals surface area contributed by atoms with Gasteiger partial charge in [-0.15, -0.1) is 0 Å². The first-order valence-corrected chi connectivity index (χ1v) is 6.73. The summed E-state index contributed by atoms with van der Waals surface area (Å²) in [4.78, 5) is 23.1. The molecule has 1 heterocycles. The van der Waals surface area contributed by atoms with Crippen molar-refractivity contribution in [2.75, 3.05) is 0 Å². The van der Waals surface area contributed by atoms with Crippen molar-refractivity contribution in [1.29, 1.82) is 0 Å². The molecule has 3 aromatic rings. The van der Waals surface area contributed by atoms with Crippen LogP contribution in [0.5, 0.6) is 0 Å². The summed E-state index contributed by atoms with van der Waals surface area (Å²) in [5.41, 5.74) is 1.93. The number of hydrogen-bond acceptors (Lipinski definition) is 3. The molecule has 5 nitrogen and oxygen atoms in total. The van der Waals surface area contributed by atoms with Gasteiger partial charge in [-0.2, -0.15) is 0 Å². The van der Waals surface area contributed by atoms with Crippen LogP contribution in [0.4, 0.5) is 0 Å². The van der Waals surface area contributed by atoms with Gasteiger partial charge >= 0.3 is 11.7 Å². The number of oxazole rings is 1. The van der Waals surface area contributed by atoms with E-state index < -0.39 is 18.3 Å². The Balaban J connectivity index is 2.27. The zero-order valence-corrected chi connectivity index (χ0v) is 11.6. The van der Waals surface area contributed by atoms with Crippen LogP contribution in [0.3, 0.4) is 0 Å². The van der Waals surface area contributed by atoms with Crippen LogP contribution >= 0.6 is 0 Å². The van der Waals surface area contributed by atoms with E-state index in [9.17, 15) is 9.59 Å². The number of hydrogen-bond donors (Lipinski definition) is 1. The fraction of sp³-hybridized carbons (Fsp3) is 0.0588. The minimum atomic E-state index is -1.10. The number of aliphatic carboxylic acids is 1. The third kappa shape index (κ3) is 2.56. The van der Waals surface area contributed by atoms with Gasteiger partial charge in [0.2, 0.25) is 0 Å². The van der Waals surface area contributed by atoms with E-state index in [1.165, 1.54) is 0 Å². The molecule has 1 aromatic heterocycles. The molecule has 0 aliphatic heterocycles. The van der Waals surface area contributed by atoms with Gasteiger partial charge in [-0.1, -0.05) is 60.7 Å². The molecule has 1 N–H and O–H groups in total. The number of nitrogens with zero attached hydrogens (tertiary/aromatic N) is 1. The second kappa shape index (κ2) is 5.73. The number of rotatable bonds is 4. The highest BCUT2D eigenvalue weighted by atomic mass is 16.4. The van der Waals surface area contributed by atoms with Crippen molar-refractivity contribution in [2.24, 2.45) is 0 Å². The van der Waals surface area contributed by atoms with E-state index in [1.807, 2.05) is 60.7 Å². The summed E-state index contributed by atoms with van der Waals surface area (Å²) in [5.74, 6) is -1.40. The molecule has 0 radical (unpaired) electrons. The molecule has 110 valence electrons. The lowest BCUT2D eigenvalue weighted by Crippen LogP contribution is -2.20. The fourth-order valence-electron chi connectivity index (χ4n) is 2.35. The molecular formula is C17H13NO4. The average Bonchev–Trinajstić information content (AvgIpc) is 2.85. The molecule has 3 rings (SSSR count). The van der Waals surface area contributed by atoms with Gasteiger partial charge in [-0.05, 0) is 0 Å². The Morgan fingerprint density at radius 3 is 2.05 bits per heavy atom. The molecule has 0 amide bonds. The van der Waals surface area contributed by atoms with Crippen LogP contribution in [-0.2, 0) is 11.3 Å². The summed E-state index contributed by atoms with van der Waals surface area (Å²) in [7, 11) is 0. The zero-order valence-electron chi connectivity index (χ0n) is 11.6. The van der Waals surface area contributed by atoms with Crippen molar-refractivity contribution in [2.45, 2.75) is 6.54 Å². The molecule has 22 heavy (non-hydrogen) atoms. The number of aromatic nitrogens is 1. The third-order valence-corrected chi connectivity index (χ3v) is 3.27. The maximum atomic E-state index is 12.1. The number of carboxylic acid groups (broad SMARTS) is 1. The second-order valence-corrected chi connectivity index (χ2v) is 4.76. The summed E-state index contributed by atoms with van der Waals surface area (Å²) in [6.07, 6.45) is 0. The molecule has 0 saturated carbocycles. The summed E-state index contributed by atoms with van der Waals surface area (Å²) < 4.78 is 6.47. The van der Waals surface area contributed by atoms with Crippen LogP contribution in [0, 0.1) is 0 Å². The summed E-state index contributed by atoms with van der Waals surface area (Å²) in [5, 5.41) is 9.04. The monoisotopic (exact) mass is 295 g/mol. The van der Waals surface area contributed by atoms with Crippen molar-refractivity contribution in [3.05, 3.63) is 71.2 Å². The number of carboxylic acids is 1. The van der Waals surface area contributed by atoms with Crippen LogP contribution in [0.1, 0.15) is 0 Å². The lowest BCUT2D eigenvalue weighted by Gasteiger charge is -2.06. The largest absolute Gasteiger partial charge is 0.480 e. The van der Waals surface area contributed by atoms with Gasteiger partial charge in [0.25, 0.3) is 0 Å². The summed E-state index contributed by atoms with van der Waals surface area (Å²) in [6.45, 7) is -0.445. The number of benzene rings is 2. The SMILES string of the molecule is O=C(O)Cn1c(-c2ccccc2)c(-c2ccccc2)oc1=O. The van der Waals surface area contributed by atoms with Gasteiger partial charge in [0, 0.05) is 11.1 Å². The Morgan fingerprint density at radius 2 is 1.50 bits per heavy atom. The van der Waals surface area contributed by atoms with Crippen LogP contribution < -0.4 is 5.76 Å². The lowest BCUT2D eigenvalue weighted by atomic mass is 10.1. The minimum absolute atomic E-state index is 0.373. The summed E-state index contributed by atoms with van der Waals surface area (Å²) >= 11 is 0. The second-order valence-electron chi connectivity index (χ2n) is 4.76. The van der Waals surface area contributed by atoms with Crippen LogP contribution in [-0.4, -0.2) is 15.6 Å². The Hall–Kier alpha value is -3.08. The predicted molar refractivity (Wildman–Crippen MR) is 81.5 cm³/mol. The molecule has 0 aliphatic carbocycles. The fourth-order valence-corrected chi connectivity index (χ4v) is 2.35. The highest BCUT2D eigenvalue weighted by Gasteiger charge is 2.21. The van der Waals surface area contributed by atoms with Crippen LogP contribution in [0.2, 0.25) is 0 Å². The Labute approximate surface area is 126 Å². The molecule has 0 atom stereocenters. The first-order chi connectivity index (χ1) is 10.7. The highest BCUT2D eigenvalue weighted by Crippen LogP contribution is 2.31. The first kappa shape index (κ1) is 13.9. The molecule has 0 saturated heterocycles. The highest BCUT2D eigenvalue weighted by molar-refractivity contribution is 5.78. The lowest BCUT2D eigenvalue weighted by molar-refractivity contribution is -0.137. The van der Waals surface area contributed by atoms with Gasteiger partial charge in [0.05, 0.1) is 5.69 Å². The van der Waals surface area contributed by atoms with Crippen molar-refractivity contribution < 1.29 is 14.3 Å². The predicted octanol–water partition coefficient (Wildman–Crippen LogP) is 2.86. The normalized spacial score (nSPS) is 10.5. The summed E-state index contributed by atoms with van der Waals surface area (Å²) in [6, 6.07) is 18.3. The molecule has 0 aliphatic rings. The van der Waals surface area contributed by atoms with Crippen molar-refractivity contribution in [3.8, 4) is 22.6 Å². The van der Waals surface area contributed by atoms with Gasteiger partial charge in [0.15, 0.2) is 5.76 Å². The average molecular weight is 295 g/mol. The molecule has 5 heteroatoms. The van der Waals surface area contributed by atoms with Crippen molar-refractivity contribution in [1.82, 2.24) is 4.57 Å². The van der Waals surface area contributed by atoms with E-state index >= 15 is 0 Å². The Bertz CT molecular complexity index is 847. The third-order valence-electron chi connectivity index (χ3n) is 3.27. The van der Waals surface area contributed by atoms with Crippen LogP contribution in [0.15, 0.2) is 69.9 Å². The molecule has 2 aromatic carbocycles. The minimum Gasteiger partial charge on any atom is -0.480 e. The molecule has 0 bridgehead atoms. The molecule has 0 fully saturated rings. The Kier molecular flexibility index (Phi) is 3.62. The maximum Gasteiger partial charge on any atom is 0.420 e. The van der Waals surface area contributed by atoms with Gasteiger partial charge in [-0.3, -0.25) is 9.36 Å². The zero-order chi connectivity index (χ0) is 15.5. The number of carbonyl (C=O) groups is 1. The van der Waals surface area contributed by atoms with E-state index in [0.29, 0.717) is 11.5 Å². The maximum absolute atomic E-state index is 12.1. The topological polar surface area (TPSA) is 72.4 Å². The van der Waals surface area contributed by atoms with Crippen molar-refractivity contribution in [3.63, 3.8) is 0 Å². The molecule has 0 unspecified atom stereocenters. The van der Waals surface area contributed by atoms with E-state index in [-0.39, 0.29) is 0 Å². The van der Waals surface area contributed by atoms with Crippen molar-refractivity contribution >= 4 is 5.97 Å². The standard InChI is InChI=1S/C17H13NO4/c19-14(20)11-18-15(12-7-3-1-4-8-12)16(22-17(18)21)13-9-5-2-6-10-13/h1-10H,11H2,(H,19,20). The van der Waals surface area contributed by atoms with E-state index in [1.54, 1.807) is 0 Å². The van der Waals surface area contributed by atoms with Gasteiger partial charge in [0.1, 0.15) is 6.54 Å². The first-order valence-electron chi connectivity index (χ1n) is 6.73. The molecular weight excluding hydrogens is 282 g/mol. The van der Waals surface area contributed by atoms with Gasteiger partial charge in [-0.25, -0.2) is 4.79 Å². The van der Waals surface area contributed by atoms with E-state index in [2.05, 4.69) is 0 Å². The Morgan fingerprint density at radius 1 is 0.955 bits per heavy atom. The van der Waals surface area contributed by atoms with Gasteiger partial charge < -0.3 is 9.52 Å². The quantitative estimate of drug-likeness (QED) is 0.803. The van der Waals surface area contributed by atoms with E-state index in [4.69, 9.17) is 9.52 Å². The smallest absolute Gasteiger partial charge is 0.420 e.